The number of benzene rings is 1. The van der Waals surface area contributed by atoms with Gasteiger partial charge >= 0.3 is 6.18 Å². The summed E-state index contributed by atoms with van der Waals surface area (Å²) < 4.78 is 50.7. The average molecular weight is 421 g/mol. The van der Waals surface area contributed by atoms with Gasteiger partial charge in [-0.3, -0.25) is 5.10 Å². The molecule has 6 nitrogen and oxygen atoms in total. The Balaban J connectivity index is 2.40. The Morgan fingerprint density at radius 1 is 1.29 bits per heavy atom. The zero-order valence-electron chi connectivity index (χ0n) is 16.0. The van der Waals surface area contributed by atoms with Gasteiger partial charge in [0.05, 0.1) is 22.9 Å². The summed E-state index contributed by atoms with van der Waals surface area (Å²) in [5.41, 5.74) is 0.519. The normalized spacial score (nSPS) is 12.0. The molecule has 0 spiro atoms. The van der Waals surface area contributed by atoms with Crippen LogP contribution in [0.2, 0.25) is 5.02 Å². The van der Waals surface area contributed by atoms with Crippen LogP contribution in [0.15, 0.2) is 18.3 Å². The lowest BCUT2D eigenvalue weighted by Crippen LogP contribution is -2.27. The average Bonchev–Trinajstić information content (AvgIpc) is 3.08. The summed E-state index contributed by atoms with van der Waals surface area (Å²) in [6, 6.07) is 2.47. The molecule has 0 saturated heterocycles. The van der Waals surface area contributed by atoms with E-state index in [4.69, 9.17) is 21.1 Å². The molecule has 156 valence electrons. The Morgan fingerprint density at radius 3 is 2.68 bits per heavy atom. The van der Waals surface area contributed by atoms with Crippen LogP contribution in [0, 0.1) is 0 Å². The van der Waals surface area contributed by atoms with Gasteiger partial charge in [-0.15, -0.1) is 0 Å². The van der Waals surface area contributed by atoms with Crippen molar-refractivity contribution in [3.05, 3.63) is 34.5 Å². The summed E-state index contributed by atoms with van der Waals surface area (Å²) in [4.78, 5) is 2.04. The fourth-order valence-electron chi connectivity index (χ4n) is 2.64. The molecule has 2 aromatic rings. The first kappa shape index (κ1) is 22.5. The van der Waals surface area contributed by atoms with Crippen LogP contribution in [0.1, 0.15) is 11.1 Å². The number of hydrogen-bond donors (Lipinski definition) is 2. The SMILES string of the molecule is CNCCN(C)Cc1c[nH]nc1-c1cc(OCCOC)c(Cl)c(C(F)(F)F)c1. The van der Waals surface area contributed by atoms with Crippen molar-refractivity contribution in [2.75, 3.05) is 47.5 Å². The maximum Gasteiger partial charge on any atom is 0.418 e. The van der Waals surface area contributed by atoms with Crippen LogP contribution >= 0.6 is 11.6 Å². The molecule has 0 aliphatic rings. The third kappa shape index (κ3) is 5.84. The molecule has 2 N–H and O–H groups in total. The molecule has 0 unspecified atom stereocenters. The molecule has 28 heavy (non-hydrogen) atoms. The summed E-state index contributed by atoms with van der Waals surface area (Å²) >= 11 is 5.96. The zero-order chi connectivity index (χ0) is 20.7. The highest BCUT2D eigenvalue weighted by Crippen LogP contribution is 2.42. The van der Waals surface area contributed by atoms with Crippen LogP contribution < -0.4 is 10.1 Å². The second kappa shape index (κ2) is 10.1. The second-order valence-corrected chi connectivity index (χ2v) is 6.65. The number of halogens is 4. The highest BCUT2D eigenvalue weighted by Gasteiger charge is 2.35. The molecule has 1 aromatic heterocycles. The Labute approximate surface area is 167 Å². The second-order valence-electron chi connectivity index (χ2n) is 6.28. The van der Waals surface area contributed by atoms with Crippen LogP contribution in [-0.4, -0.2) is 62.6 Å². The number of ether oxygens (including phenoxy) is 2. The largest absolute Gasteiger partial charge is 0.490 e. The number of rotatable bonds is 10. The van der Waals surface area contributed by atoms with E-state index < -0.39 is 16.8 Å². The number of methoxy groups -OCH3 is 1. The van der Waals surface area contributed by atoms with Crippen LogP contribution in [0.25, 0.3) is 11.3 Å². The number of nitrogens with one attached hydrogen (secondary N) is 2. The van der Waals surface area contributed by atoms with E-state index in [0.29, 0.717) is 12.2 Å². The van der Waals surface area contributed by atoms with Gasteiger partial charge in [0.15, 0.2) is 0 Å². The lowest BCUT2D eigenvalue weighted by molar-refractivity contribution is -0.137. The molecule has 1 aromatic carbocycles. The Bertz CT molecular complexity index is 768. The summed E-state index contributed by atoms with van der Waals surface area (Å²) in [6.07, 6.45) is -2.94. The number of likely N-dealkylation sites (N-methyl/N-ethyl adjacent to an activating group) is 2. The van der Waals surface area contributed by atoms with Crippen LogP contribution in [0.4, 0.5) is 13.2 Å². The Kier molecular flexibility index (Phi) is 8.11. The van der Waals surface area contributed by atoms with Gasteiger partial charge in [0.25, 0.3) is 0 Å². The van der Waals surface area contributed by atoms with Crippen molar-refractivity contribution in [1.82, 2.24) is 20.4 Å². The van der Waals surface area contributed by atoms with Gasteiger partial charge in [-0.2, -0.15) is 18.3 Å². The minimum atomic E-state index is -4.62. The molecular formula is C18H24ClF3N4O2. The minimum Gasteiger partial charge on any atom is -0.490 e. The Morgan fingerprint density at radius 2 is 2.04 bits per heavy atom. The van der Waals surface area contributed by atoms with Gasteiger partial charge in [0, 0.05) is 44.1 Å². The first-order chi connectivity index (χ1) is 13.3. The molecule has 0 radical (unpaired) electrons. The molecule has 0 fully saturated rings. The van der Waals surface area contributed by atoms with Gasteiger partial charge < -0.3 is 19.7 Å². The fourth-order valence-corrected chi connectivity index (χ4v) is 2.91. The quantitative estimate of drug-likeness (QED) is 0.577. The maximum absolute atomic E-state index is 13.5. The highest BCUT2D eigenvalue weighted by molar-refractivity contribution is 6.33. The van der Waals surface area contributed by atoms with Crippen LogP contribution in [0.5, 0.6) is 5.75 Å². The monoisotopic (exact) mass is 420 g/mol. The van der Waals surface area contributed by atoms with E-state index in [2.05, 4.69) is 15.5 Å². The lowest BCUT2D eigenvalue weighted by Gasteiger charge is -2.18. The van der Waals surface area contributed by atoms with Crippen molar-refractivity contribution in [2.24, 2.45) is 0 Å². The lowest BCUT2D eigenvalue weighted by atomic mass is 10.0. The minimum absolute atomic E-state index is 0.0546. The van der Waals surface area contributed by atoms with Gasteiger partial charge in [-0.25, -0.2) is 0 Å². The molecule has 0 saturated carbocycles. The van der Waals surface area contributed by atoms with E-state index in [1.165, 1.54) is 13.2 Å². The van der Waals surface area contributed by atoms with Crippen molar-refractivity contribution in [1.29, 1.82) is 0 Å². The topological polar surface area (TPSA) is 62.4 Å². The van der Waals surface area contributed by atoms with Crippen LogP contribution in [-0.2, 0) is 17.5 Å². The van der Waals surface area contributed by atoms with E-state index in [0.717, 1.165) is 24.7 Å². The van der Waals surface area contributed by atoms with Gasteiger partial charge in [-0.05, 0) is 26.2 Å². The highest BCUT2D eigenvalue weighted by atomic mass is 35.5. The standard InChI is InChI=1S/C18H24ClF3N4O2/c1-23-4-5-26(2)11-13-10-24-25-17(13)12-8-14(18(20,21)22)16(19)15(9-12)28-7-6-27-3/h8-10,23H,4-7,11H2,1-3H3,(H,24,25). The van der Waals surface area contributed by atoms with E-state index in [9.17, 15) is 13.2 Å². The van der Waals surface area contributed by atoms with Crippen molar-refractivity contribution in [3.63, 3.8) is 0 Å². The third-order valence-electron chi connectivity index (χ3n) is 4.07. The molecule has 0 atom stereocenters. The first-order valence-corrected chi connectivity index (χ1v) is 9.04. The molecule has 10 heteroatoms. The van der Waals surface area contributed by atoms with Gasteiger partial charge in [-0.1, -0.05) is 11.6 Å². The summed E-state index contributed by atoms with van der Waals surface area (Å²) in [5.74, 6) is -0.0546. The number of aromatic nitrogens is 2. The molecule has 0 aliphatic carbocycles. The van der Waals surface area contributed by atoms with Crippen molar-refractivity contribution >= 4 is 11.6 Å². The predicted molar refractivity (Wildman–Crippen MR) is 102 cm³/mol. The van der Waals surface area contributed by atoms with E-state index >= 15 is 0 Å². The molecule has 0 amide bonds. The molecule has 2 rings (SSSR count). The maximum atomic E-state index is 13.5. The molecular weight excluding hydrogens is 397 g/mol. The van der Waals surface area contributed by atoms with E-state index in [1.807, 2.05) is 19.0 Å². The molecule has 1 heterocycles. The van der Waals surface area contributed by atoms with Crippen molar-refractivity contribution < 1.29 is 22.6 Å². The summed E-state index contributed by atoms with van der Waals surface area (Å²) in [5, 5.41) is 9.47. The Hall–Kier alpha value is -1.81. The molecule has 0 bridgehead atoms. The summed E-state index contributed by atoms with van der Waals surface area (Å²) in [7, 11) is 5.26. The number of nitrogens with zero attached hydrogens (tertiary/aromatic N) is 2. The van der Waals surface area contributed by atoms with E-state index in [1.54, 1.807) is 6.20 Å². The first-order valence-electron chi connectivity index (χ1n) is 8.66. The van der Waals surface area contributed by atoms with Crippen LogP contribution in [0.3, 0.4) is 0 Å². The smallest absolute Gasteiger partial charge is 0.418 e. The number of alkyl halides is 3. The number of hydrogen-bond acceptors (Lipinski definition) is 5. The molecule has 0 aliphatic heterocycles. The zero-order valence-corrected chi connectivity index (χ0v) is 16.7. The number of aromatic amines is 1. The van der Waals surface area contributed by atoms with E-state index in [-0.39, 0.29) is 24.5 Å². The van der Waals surface area contributed by atoms with Gasteiger partial charge in [0.1, 0.15) is 12.4 Å². The summed E-state index contributed by atoms with van der Waals surface area (Å²) in [6.45, 7) is 2.40. The predicted octanol–water partition coefficient (Wildman–Crippen LogP) is 3.43. The fraction of sp³-hybridized carbons (Fsp3) is 0.500. The van der Waals surface area contributed by atoms with Crippen molar-refractivity contribution in [2.45, 2.75) is 12.7 Å². The van der Waals surface area contributed by atoms with Gasteiger partial charge in [0.2, 0.25) is 0 Å². The van der Waals surface area contributed by atoms with Crippen molar-refractivity contribution in [3.8, 4) is 17.0 Å². The number of H-pyrrole nitrogens is 1. The third-order valence-corrected chi connectivity index (χ3v) is 4.46.